The van der Waals surface area contributed by atoms with Crippen LogP contribution < -0.4 is 4.74 Å². The number of rotatable bonds is 7. The lowest BCUT2D eigenvalue weighted by Gasteiger charge is -2.07. The van der Waals surface area contributed by atoms with E-state index >= 15 is 0 Å². The molecule has 0 saturated heterocycles. The van der Waals surface area contributed by atoms with Gasteiger partial charge in [-0.1, -0.05) is 40.4 Å². The number of ether oxygens (including phenoxy) is 1. The second-order valence-corrected chi connectivity index (χ2v) is 5.23. The number of benzene rings is 1. The Morgan fingerprint density at radius 1 is 1.12 bits per heavy atom. The summed E-state index contributed by atoms with van der Waals surface area (Å²) in [5.41, 5.74) is 0. The summed E-state index contributed by atoms with van der Waals surface area (Å²) in [5.74, 6) is 1.50. The highest BCUT2D eigenvalue weighted by atomic mass is 79.9. The Morgan fingerprint density at radius 2 is 1.88 bits per heavy atom. The van der Waals surface area contributed by atoms with Crippen LogP contribution in [-0.4, -0.2) is 12.5 Å². The molecule has 0 aromatic heterocycles. The molecular formula is C12H15BrCl2O. The molecule has 0 bridgehead atoms. The predicted octanol–water partition coefficient (Wildman–Crippen LogP) is 5.28. The monoisotopic (exact) mass is 324 g/mol. The molecule has 0 saturated carbocycles. The van der Waals surface area contributed by atoms with Gasteiger partial charge in [0, 0.05) is 10.4 Å². The highest BCUT2D eigenvalue weighted by Gasteiger charge is 2.01. The molecule has 90 valence electrons. The second-order valence-electron chi connectivity index (χ2n) is 3.53. The lowest BCUT2D eigenvalue weighted by atomic mass is 10.2. The van der Waals surface area contributed by atoms with Gasteiger partial charge in [0.25, 0.3) is 0 Å². The summed E-state index contributed by atoms with van der Waals surface area (Å²) in [6, 6.07) is 5.64. The standard InChI is InChI=1S/C12H15BrCl2O/c13-10-5-6-12(11(15)9-10)16-8-4-2-1-3-7-14/h5-6,9H,1-4,7-8H2. The first-order chi connectivity index (χ1) is 7.74. The minimum absolute atomic E-state index is 0.648. The van der Waals surface area contributed by atoms with Crippen LogP contribution >= 0.6 is 39.1 Å². The van der Waals surface area contributed by atoms with Crippen LogP contribution in [0.25, 0.3) is 0 Å². The number of alkyl halides is 1. The van der Waals surface area contributed by atoms with Gasteiger partial charge in [0.1, 0.15) is 5.75 Å². The van der Waals surface area contributed by atoms with Gasteiger partial charge in [-0.15, -0.1) is 11.6 Å². The highest BCUT2D eigenvalue weighted by Crippen LogP contribution is 2.27. The zero-order valence-electron chi connectivity index (χ0n) is 9.02. The Hall–Kier alpha value is 0.0800. The molecule has 1 rings (SSSR count). The van der Waals surface area contributed by atoms with E-state index in [2.05, 4.69) is 15.9 Å². The van der Waals surface area contributed by atoms with Crippen molar-refractivity contribution in [3.63, 3.8) is 0 Å². The van der Waals surface area contributed by atoms with Crippen LogP contribution in [0.2, 0.25) is 5.02 Å². The maximum absolute atomic E-state index is 6.02. The average Bonchev–Trinajstić information content (AvgIpc) is 2.26. The molecular weight excluding hydrogens is 311 g/mol. The zero-order valence-corrected chi connectivity index (χ0v) is 12.1. The fourth-order valence-corrected chi connectivity index (χ4v) is 2.24. The highest BCUT2D eigenvalue weighted by molar-refractivity contribution is 9.10. The van der Waals surface area contributed by atoms with Gasteiger partial charge in [0.15, 0.2) is 0 Å². The summed E-state index contributed by atoms with van der Waals surface area (Å²) >= 11 is 15.0. The third-order valence-corrected chi connectivity index (χ3v) is 3.24. The van der Waals surface area contributed by atoms with Crippen molar-refractivity contribution >= 4 is 39.1 Å². The van der Waals surface area contributed by atoms with Crippen molar-refractivity contribution in [3.8, 4) is 5.75 Å². The molecule has 1 aromatic carbocycles. The molecule has 0 radical (unpaired) electrons. The quantitative estimate of drug-likeness (QED) is 0.489. The van der Waals surface area contributed by atoms with Crippen LogP contribution in [0, 0.1) is 0 Å². The first-order valence-corrected chi connectivity index (χ1v) is 7.08. The maximum atomic E-state index is 6.02. The minimum Gasteiger partial charge on any atom is -0.492 e. The molecule has 0 aliphatic heterocycles. The number of halogens is 3. The molecule has 1 aromatic rings. The maximum Gasteiger partial charge on any atom is 0.137 e. The molecule has 4 heteroatoms. The van der Waals surface area contributed by atoms with Gasteiger partial charge in [0.05, 0.1) is 11.6 Å². The van der Waals surface area contributed by atoms with Crippen LogP contribution in [0.5, 0.6) is 5.75 Å². The van der Waals surface area contributed by atoms with Crippen LogP contribution in [-0.2, 0) is 0 Å². The van der Waals surface area contributed by atoms with Crippen molar-refractivity contribution in [1.82, 2.24) is 0 Å². The van der Waals surface area contributed by atoms with Gasteiger partial charge in [-0.25, -0.2) is 0 Å². The van der Waals surface area contributed by atoms with Gasteiger partial charge in [-0.2, -0.15) is 0 Å². The van der Waals surface area contributed by atoms with Gasteiger partial charge < -0.3 is 4.74 Å². The largest absolute Gasteiger partial charge is 0.492 e. The van der Waals surface area contributed by atoms with Crippen molar-refractivity contribution in [2.75, 3.05) is 12.5 Å². The Kier molecular flexibility index (Phi) is 7.26. The Labute approximate surface area is 115 Å². The summed E-state index contributed by atoms with van der Waals surface area (Å²) in [6.07, 6.45) is 4.45. The molecule has 0 heterocycles. The fourth-order valence-electron chi connectivity index (χ4n) is 1.32. The second kappa shape index (κ2) is 8.21. The van der Waals surface area contributed by atoms with Crippen LogP contribution in [0.3, 0.4) is 0 Å². The Balaban J connectivity index is 2.21. The smallest absolute Gasteiger partial charge is 0.137 e. The van der Waals surface area contributed by atoms with Gasteiger partial charge >= 0.3 is 0 Å². The number of hydrogen-bond acceptors (Lipinski definition) is 1. The zero-order chi connectivity index (χ0) is 11.8. The van der Waals surface area contributed by atoms with E-state index in [-0.39, 0.29) is 0 Å². The van der Waals surface area contributed by atoms with Gasteiger partial charge in [-0.3, -0.25) is 0 Å². The molecule has 16 heavy (non-hydrogen) atoms. The van der Waals surface area contributed by atoms with Crippen molar-refractivity contribution in [2.24, 2.45) is 0 Å². The molecule has 0 unspecified atom stereocenters. The summed E-state index contributed by atoms with van der Waals surface area (Å²) < 4.78 is 6.55. The molecule has 0 aliphatic carbocycles. The van der Waals surface area contributed by atoms with E-state index in [9.17, 15) is 0 Å². The third kappa shape index (κ3) is 5.42. The van der Waals surface area contributed by atoms with Gasteiger partial charge in [-0.05, 0) is 31.0 Å². The van der Waals surface area contributed by atoms with Crippen molar-refractivity contribution in [3.05, 3.63) is 27.7 Å². The minimum atomic E-state index is 0.648. The summed E-state index contributed by atoms with van der Waals surface area (Å²) in [6.45, 7) is 0.712. The number of unbranched alkanes of at least 4 members (excludes halogenated alkanes) is 3. The first kappa shape index (κ1) is 14.1. The van der Waals surface area contributed by atoms with E-state index in [1.54, 1.807) is 0 Å². The van der Waals surface area contributed by atoms with E-state index in [0.29, 0.717) is 11.6 Å². The Bertz CT molecular complexity index is 318. The SMILES string of the molecule is ClCCCCCCOc1ccc(Br)cc1Cl. The van der Waals surface area contributed by atoms with Gasteiger partial charge in [0.2, 0.25) is 0 Å². The molecule has 0 N–H and O–H groups in total. The van der Waals surface area contributed by atoms with Crippen LogP contribution in [0.4, 0.5) is 0 Å². The molecule has 0 fully saturated rings. The average molecular weight is 326 g/mol. The molecule has 1 nitrogen and oxygen atoms in total. The summed E-state index contributed by atoms with van der Waals surface area (Å²) in [5, 5.41) is 0.648. The fraction of sp³-hybridized carbons (Fsp3) is 0.500. The molecule has 0 amide bonds. The Morgan fingerprint density at radius 3 is 2.56 bits per heavy atom. The normalized spacial score (nSPS) is 10.4. The van der Waals surface area contributed by atoms with E-state index in [1.165, 1.54) is 6.42 Å². The van der Waals surface area contributed by atoms with Crippen LogP contribution in [0.1, 0.15) is 25.7 Å². The van der Waals surface area contributed by atoms with E-state index in [0.717, 1.165) is 35.4 Å². The number of hydrogen-bond donors (Lipinski definition) is 0. The van der Waals surface area contributed by atoms with E-state index < -0.39 is 0 Å². The molecule has 0 atom stereocenters. The van der Waals surface area contributed by atoms with E-state index in [4.69, 9.17) is 27.9 Å². The topological polar surface area (TPSA) is 9.23 Å². The van der Waals surface area contributed by atoms with Crippen LogP contribution in [0.15, 0.2) is 22.7 Å². The van der Waals surface area contributed by atoms with E-state index in [1.807, 2.05) is 18.2 Å². The van der Waals surface area contributed by atoms with Crippen molar-refractivity contribution in [1.29, 1.82) is 0 Å². The lowest BCUT2D eigenvalue weighted by Crippen LogP contribution is -1.97. The van der Waals surface area contributed by atoms with Crippen molar-refractivity contribution < 1.29 is 4.74 Å². The summed E-state index contributed by atoms with van der Waals surface area (Å²) in [4.78, 5) is 0. The predicted molar refractivity (Wildman–Crippen MR) is 73.8 cm³/mol. The third-order valence-electron chi connectivity index (χ3n) is 2.18. The molecule has 0 aliphatic rings. The van der Waals surface area contributed by atoms with Crippen molar-refractivity contribution in [2.45, 2.75) is 25.7 Å². The lowest BCUT2D eigenvalue weighted by molar-refractivity contribution is 0.305. The molecule has 0 spiro atoms. The summed E-state index contributed by atoms with van der Waals surface area (Å²) in [7, 11) is 0. The first-order valence-electron chi connectivity index (χ1n) is 5.38.